The summed E-state index contributed by atoms with van der Waals surface area (Å²) in [4.78, 5) is 23.7. The minimum absolute atomic E-state index is 0.213. The molecule has 2 aromatic rings. The molecule has 0 spiro atoms. The number of amides is 1. The van der Waals surface area contributed by atoms with Crippen LogP contribution < -0.4 is 10.2 Å². The maximum absolute atomic E-state index is 12.7. The molecule has 25 heavy (non-hydrogen) atoms. The normalized spacial score (nSPS) is 14.5. The molecule has 6 nitrogen and oxygen atoms in total. The Bertz CT molecular complexity index is 775. The van der Waals surface area contributed by atoms with Gasteiger partial charge >= 0.3 is 0 Å². The van der Waals surface area contributed by atoms with E-state index in [1.807, 2.05) is 27.7 Å². The van der Waals surface area contributed by atoms with Crippen LogP contribution in [-0.2, 0) is 4.74 Å². The molecule has 1 amide bonds. The summed E-state index contributed by atoms with van der Waals surface area (Å²) in [5.41, 5.74) is 5.28. The van der Waals surface area contributed by atoms with Gasteiger partial charge in [0.2, 0.25) is 5.95 Å². The standard InChI is InChI=1S/C19H24N4O2/c1-12-9-13(2)17(14(3)10-12)22-18(24)16-11-15(4)20-19(21-16)23-5-7-25-8-6-23/h9-11H,5-8H2,1-4H3,(H,22,24). The third-order valence-corrected chi connectivity index (χ3v) is 4.28. The number of benzene rings is 1. The molecular weight excluding hydrogens is 316 g/mol. The van der Waals surface area contributed by atoms with Crippen LogP contribution in [0.4, 0.5) is 11.6 Å². The van der Waals surface area contributed by atoms with Crippen molar-refractivity contribution in [1.82, 2.24) is 9.97 Å². The molecule has 132 valence electrons. The van der Waals surface area contributed by atoms with Gasteiger partial charge in [0.25, 0.3) is 5.91 Å². The first-order valence-electron chi connectivity index (χ1n) is 8.51. The van der Waals surface area contributed by atoms with Gasteiger partial charge in [-0.3, -0.25) is 4.79 Å². The van der Waals surface area contributed by atoms with E-state index in [4.69, 9.17) is 4.74 Å². The summed E-state index contributed by atoms with van der Waals surface area (Å²) in [7, 11) is 0. The second-order valence-electron chi connectivity index (χ2n) is 6.52. The van der Waals surface area contributed by atoms with E-state index in [-0.39, 0.29) is 5.91 Å². The first-order valence-corrected chi connectivity index (χ1v) is 8.51. The molecule has 0 unspecified atom stereocenters. The Balaban J connectivity index is 1.86. The van der Waals surface area contributed by atoms with Crippen LogP contribution >= 0.6 is 0 Å². The summed E-state index contributed by atoms with van der Waals surface area (Å²) < 4.78 is 5.37. The van der Waals surface area contributed by atoms with Crippen molar-refractivity contribution in [2.24, 2.45) is 0 Å². The largest absolute Gasteiger partial charge is 0.378 e. The lowest BCUT2D eigenvalue weighted by Gasteiger charge is -2.27. The quantitative estimate of drug-likeness (QED) is 0.930. The van der Waals surface area contributed by atoms with E-state index in [1.165, 1.54) is 5.56 Å². The lowest BCUT2D eigenvalue weighted by Crippen LogP contribution is -2.37. The molecule has 1 N–H and O–H groups in total. The van der Waals surface area contributed by atoms with Gasteiger partial charge < -0.3 is 15.0 Å². The van der Waals surface area contributed by atoms with Crippen LogP contribution in [0.1, 0.15) is 32.9 Å². The number of carbonyl (C=O) groups is 1. The van der Waals surface area contributed by atoms with Crippen LogP contribution in [-0.4, -0.2) is 42.2 Å². The predicted octanol–water partition coefficient (Wildman–Crippen LogP) is 2.80. The van der Waals surface area contributed by atoms with Gasteiger partial charge in [-0.2, -0.15) is 0 Å². The zero-order chi connectivity index (χ0) is 18.0. The second-order valence-corrected chi connectivity index (χ2v) is 6.52. The van der Waals surface area contributed by atoms with Gasteiger partial charge in [-0.05, 0) is 44.9 Å². The minimum atomic E-state index is -0.213. The third-order valence-electron chi connectivity index (χ3n) is 4.28. The molecule has 0 bridgehead atoms. The maximum atomic E-state index is 12.7. The van der Waals surface area contributed by atoms with E-state index in [1.54, 1.807) is 6.07 Å². The number of aryl methyl sites for hydroxylation is 4. The van der Waals surface area contributed by atoms with Crippen molar-refractivity contribution in [1.29, 1.82) is 0 Å². The molecule has 3 rings (SSSR count). The summed E-state index contributed by atoms with van der Waals surface area (Å²) in [6.07, 6.45) is 0. The van der Waals surface area contributed by atoms with Gasteiger partial charge in [-0.25, -0.2) is 9.97 Å². The molecule has 0 aliphatic carbocycles. The molecule has 0 saturated carbocycles. The number of rotatable bonds is 3. The Hall–Kier alpha value is -2.47. The fraction of sp³-hybridized carbons (Fsp3) is 0.421. The molecule has 0 atom stereocenters. The van der Waals surface area contributed by atoms with Crippen molar-refractivity contribution in [2.75, 3.05) is 36.5 Å². The highest BCUT2D eigenvalue weighted by Gasteiger charge is 2.18. The van der Waals surface area contributed by atoms with Crippen molar-refractivity contribution in [3.8, 4) is 0 Å². The van der Waals surface area contributed by atoms with Crippen LogP contribution in [0, 0.1) is 27.7 Å². The van der Waals surface area contributed by atoms with Gasteiger partial charge in [0.15, 0.2) is 0 Å². The van der Waals surface area contributed by atoms with Crippen molar-refractivity contribution in [2.45, 2.75) is 27.7 Å². The molecule has 1 aromatic carbocycles. The second kappa shape index (κ2) is 7.19. The Kier molecular flexibility index (Phi) is 4.99. The van der Waals surface area contributed by atoms with Crippen LogP contribution in [0.25, 0.3) is 0 Å². The van der Waals surface area contributed by atoms with Gasteiger partial charge in [0.1, 0.15) is 5.69 Å². The highest BCUT2D eigenvalue weighted by Crippen LogP contribution is 2.23. The van der Waals surface area contributed by atoms with E-state index in [0.717, 1.165) is 35.6 Å². The van der Waals surface area contributed by atoms with E-state index >= 15 is 0 Å². The van der Waals surface area contributed by atoms with Crippen LogP contribution in [0.2, 0.25) is 0 Å². The number of ether oxygens (including phenoxy) is 1. The fourth-order valence-electron chi connectivity index (χ4n) is 3.13. The smallest absolute Gasteiger partial charge is 0.274 e. The highest BCUT2D eigenvalue weighted by molar-refractivity contribution is 6.04. The summed E-state index contributed by atoms with van der Waals surface area (Å²) in [6.45, 7) is 10.7. The Morgan fingerprint density at radius 3 is 2.32 bits per heavy atom. The van der Waals surface area contributed by atoms with Gasteiger partial charge in [-0.1, -0.05) is 17.7 Å². The van der Waals surface area contributed by atoms with E-state index < -0.39 is 0 Å². The summed E-state index contributed by atoms with van der Waals surface area (Å²) in [6, 6.07) is 5.85. The van der Waals surface area contributed by atoms with Crippen LogP contribution in [0.15, 0.2) is 18.2 Å². The molecule has 1 fully saturated rings. The molecule has 1 saturated heterocycles. The molecule has 1 aliphatic rings. The number of aromatic nitrogens is 2. The van der Waals surface area contributed by atoms with Gasteiger partial charge in [0.05, 0.1) is 13.2 Å². The van der Waals surface area contributed by atoms with Crippen molar-refractivity contribution in [3.05, 3.63) is 46.3 Å². The van der Waals surface area contributed by atoms with Crippen LogP contribution in [0.3, 0.4) is 0 Å². The lowest BCUT2D eigenvalue weighted by atomic mass is 10.0. The van der Waals surface area contributed by atoms with Crippen molar-refractivity contribution >= 4 is 17.5 Å². The highest BCUT2D eigenvalue weighted by atomic mass is 16.5. The Labute approximate surface area is 148 Å². The lowest BCUT2D eigenvalue weighted by molar-refractivity contribution is 0.102. The van der Waals surface area contributed by atoms with Gasteiger partial charge in [-0.15, -0.1) is 0 Å². The van der Waals surface area contributed by atoms with E-state index in [9.17, 15) is 4.79 Å². The zero-order valence-electron chi connectivity index (χ0n) is 15.2. The predicted molar refractivity (Wildman–Crippen MR) is 98.4 cm³/mol. The summed E-state index contributed by atoms with van der Waals surface area (Å²) in [5.74, 6) is 0.376. The monoisotopic (exact) mass is 340 g/mol. The molecule has 0 radical (unpaired) electrons. The summed E-state index contributed by atoms with van der Waals surface area (Å²) >= 11 is 0. The zero-order valence-corrected chi connectivity index (χ0v) is 15.2. The molecule has 6 heteroatoms. The van der Waals surface area contributed by atoms with E-state index in [0.29, 0.717) is 24.9 Å². The number of hydrogen-bond donors (Lipinski definition) is 1. The Morgan fingerprint density at radius 1 is 1.04 bits per heavy atom. The summed E-state index contributed by atoms with van der Waals surface area (Å²) in [5, 5.41) is 3.01. The number of morpholine rings is 1. The first kappa shape index (κ1) is 17.4. The van der Waals surface area contributed by atoms with E-state index in [2.05, 4.69) is 32.3 Å². The van der Waals surface area contributed by atoms with Crippen LogP contribution in [0.5, 0.6) is 0 Å². The number of anilines is 2. The molecule has 2 heterocycles. The number of nitrogens with one attached hydrogen (secondary N) is 1. The third kappa shape index (κ3) is 3.96. The topological polar surface area (TPSA) is 67.4 Å². The SMILES string of the molecule is Cc1cc(C)c(NC(=O)c2cc(C)nc(N3CCOCC3)n2)c(C)c1. The maximum Gasteiger partial charge on any atom is 0.274 e. The molecular formula is C19H24N4O2. The van der Waals surface area contributed by atoms with Gasteiger partial charge in [0, 0.05) is 24.5 Å². The molecule has 1 aliphatic heterocycles. The average molecular weight is 340 g/mol. The van der Waals surface area contributed by atoms with Crippen molar-refractivity contribution in [3.63, 3.8) is 0 Å². The van der Waals surface area contributed by atoms with Crippen molar-refractivity contribution < 1.29 is 9.53 Å². The fourth-order valence-corrected chi connectivity index (χ4v) is 3.13. The molecule has 1 aromatic heterocycles. The minimum Gasteiger partial charge on any atom is -0.378 e. The average Bonchev–Trinajstić information content (AvgIpc) is 2.58. The Morgan fingerprint density at radius 2 is 1.68 bits per heavy atom. The number of nitrogens with zero attached hydrogens (tertiary/aromatic N) is 3. The number of hydrogen-bond acceptors (Lipinski definition) is 5. The number of carbonyl (C=O) groups excluding carboxylic acids is 1. The first-order chi connectivity index (χ1) is 11.9.